The Balaban J connectivity index is 2.33. The summed E-state index contributed by atoms with van der Waals surface area (Å²) in [5, 5.41) is 0. The zero-order chi connectivity index (χ0) is 11.7. The van der Waals surface area contributed by atoms with Crippen LogP contribution < -0.4 is 9.47 Å². The molecule has 0 fully saturated rings. The van der Waals surface area contributed by atoms with Crippen LogP contribution in [0.2, 0.25) is 0 Å². The van der Waals surface area contributed by atoms with E-state index in [4.69, 9.17) is 9.47 Å². The van der Waals surface area contributed by atoms with E-state index in [0.717, 1.165) is 10.0 Å². The number of carbonyl (C=O) groups is 1. The van der Waals surface area contributed by atoms with Crippen LogP contribution in [0.5, 0.6) is 11.5 Å². The van der Waals surface area contributed by atoms with E-state index >= 15 is 0 Å². The van der Waals surface area contributed by atoms with Gasteiger partial charge in [0.15, 0.2) is 17.6 Å². The fourth-order valence-corrected chi connectivity index (χ4v) is 2.19. The highest BCUT2D eigenvalue weighted by atomic mass is 79.9. The molecule has 2 rings (SSSR count). The molecule has 0 aliphatic carbocycles. The topological polar surface area (TPSA) is 44.8 Å². The Morgan fingerprint density at radius 1 is 1.50 bits per heavy atom. The molecule has 0 N–H and O–H groups in total. The Labute approximate surface area is 102 Å². The predicted molar refractivity (Wildman–Crippen MR) is 60.8 cm³/mol. The number of hydrogen-bond donors (Lipinski definition) is 0. The molecule has 1 atom stereocenters. The summed E-state index contributed by atoms with van der Waals surface area (Å²) < 4.78 is 16.3. The quantitative estimate of drug-likeness (QED) is 0.780. The molecule has 0 saturated carbocycles. The first kappa shape index (κ1) is 11.3. The van der Waals surface area contributed by atoms with Crippen molar-refractivity contribution in [2.45, 2.75) is 12.5 Å². The second-order valence-corrected chi connectivity index (χ2v) is 4.35. The summed E-state index contributed by atoms with van der Waals surface area (Å²) >= 11 is 3.38. The van der Waals surface area contributed by atoms with E-state index in [0.29, 0.717) is 17.9 Å². The average Bonchev–Trinajstić information content (AvgIpc) is 2.70. The number of benzene rings is 1. The molecule has 1 aliphatic heterocycles. The molecule has 16 heavy (non-hydrogen) atoms. The van der Waals surface area contributed by atoms with Gasteiger partial charge in [-0.25, -0.2) is 4.79 Å². The first-order chi connectivity index (χ1) is 7.65. The fraction of sp³-hybridized carbons (Fsp3) is 0.364. The maximum absolute atomic E-state index is 11.4. The number of esters is 1. The zero-order valence-electron chi connectivity index (χ0n) is 8.95. The van der Waals surface area contributed by atoms with Crippen LogP contribution in [0.1, 0.15) is 5.56 Å². The summed E-state index contributed by atoms with van der Waals surface area (Å²) in [6.07, 6.45) is -0.0548. The van der Waals surface area contributed by atoms with Crippen molar-refractivity contribution in [3.05, 3.63) is 22.2 Å². The SMILES string of the molecule is COC(=O)C1Cc2cc(Br)cc(OC)c2O1. The van der Waals surface area contributed by atoms with Crippen molar-refractivity contribution >= 4 is 21.9 Å². The summed E-state index contributed by atoms with van der Waals surface area (Å²) in [5.41, 5.74) is 0.946. The number of methoxy groups -OCH3 is 2. The van der Waals surface area contributed by atoms with Crippen molar-refractivity contribution in [3.8, 4) is 11.5 Å². The molecule has 0 amide bonds. The third-order valence-corrected chi connectivity index (χ3v) is 2.90. The van der Waals surface area contributed by atoms with Crippen molar-refractivity contribution in [1.29, 1.82) is 0 Å². The third-order valence-electron chi connectivity index (χ3n) is 2.45. The van der Waals surface area contributed by atoms with E-state index in [-0.39, 0.29) is 5.97 Å². The summed E-state index contributed by atoms with van der Waals surface area (Å²) in [5.74, 6) is 0.881. The maximum Gasteiger partial charge on any atom is 0.347 e. The van der Waals surface area contributed by atoms with Gasteiger partial charge in [0.1, 0.15) is 0 Å². The van der Waals surface area contributed by atoms with Gasteiger partial charge in [0.25, 0.3) is 0 Å². The molecular weight excluding hydrogens is 276 g/mol. The molecule has 0 saturated heterocycles. The van der Waals surface area contributed by atoms with Crippen molar-refractivity contribution in [1.82, 2.24) is 0 Å². The van der Waals surface area contributed by atoms with Gasteiger partial charge in [0, 0.05) is 16.5 Å². The number of fused-ring (bicyclic) bond motifs is 1. The molecule has 1 aromatic carbocycles. The van der Waals surface area contributed by atoms with Crippen LogP contribution in [0.3, 0.4) is 0 Å². The van der Waals surface area contributed by atoms with E-state index in [9.17, 15) is 4.79 Å². The lowest BCUT2D eigenvalue weighted by Crippen LogP contribution is -2.26. The van der Waals surface area contributed by atoms with E-state index in [2.05, 4.69) is 20.7 Å². The van der Waals surface area contributed by atoms with Gasteiger partial charge < -0.3 is 14.2 Å². The van der Waals surface area contributed by atoms with Crippen LogP contribution in [0.4, 0.5) is 0 Å². The summed E-state index contributed by atoms with van der Waals surface area (Å²) in [4.78, 5) is 11.4. The van der Waals surface area contributed by atoms with Gasteiger partial charge in [0.05, 0.1) is 14.2 Å². The van der Waals surface area contributed by atoms with Crippen LogP contribution in [0, 0.1) is 0 Å². The minimum absolute atomic E-state index is 0.366. The number of hydrogen-bond acceptors (Lipinski definition) is 4. The van der Waals surface area contributed by atoms with Gasteiger partial charge >= 0.3 is 5.97 Å². The van der Waals surface area contributed by atoms with E-state index in [1.165, 1.54) is 7.11 Å². The zero-order valence-corrected chi connectivity index (χ0v) is 10.5. The van der Waals surface area contributed by atoms with Crippen LogP contribution in [-0.2, 0) is 16.0 Å². The van der Waals surface area contributed by atoms with E-state index < -0.39 is 6.10 Å². The van der Waals surface area contributed by atoms with Gasteiger partial charge in [-0.05, 0) is 12.1 Å². The Bertz CT molecular complexity index is 430. The smallest absolute Gasteiger partial charge is 0.347 e. The second-order valence-electron chi connectivity index (χ2n) is 3.43. The van der Waals surface area contributed by atoms with Gasteiger partial charge in [-0.3, -0.25) is 0 Å². The van der Waals surface area contributed by atoms with Crippen LogP contribution >= 0.6 is 15.9 Å². The molecule has 1 heterocycles. The molecule has 5 heteroatoms. The lowest BCUT2D eigenvalue weighted by molar-refractivity contribution is -0.147. The highest BCUT2D eigenvalue weighted by Crippen LogP contribution is 2.40. The first-order valence-electron chi connectivity index (χ1n) is 4.76. The maximum atomic E-state index is 11.4. The number of carbonyl (C=O) groups excluding carboxylic acids is 1. The van der Waals surface area contributed by atoms with Crippen LogP contribution in [-0.4, -0.2) is 26.3 Å². The van der Waals surface area contributed by atoms with Crippen molar-refractivity contribution in [3.63, 3.8) is 0 Å². The van der Waals surface area contributed by atoms with Crippen LogP contribution in [0.15, 0.2) is 16.6 Å². The largest absolute Gasteiger partial charge is 0.493 e. The van der Waals surface area contributed by atoms with Gasteiger partial charge in [-0.15, -0.1) is 0 Å². The van der Waals surface area contributed by atoms with Gasteiger partial charge in [-0.2, -0.15) is 0 Å². The van der Waals surface area contributed by atoms with Crippen molar-refractivity contribution < 1.29 is 19.0 Å². The second kappa shape index (κ2) is 4.33. The number of halogens is 1. The van der Waals surface area contributed by atoms with Gasteiger partial charge in [-0.1, -0.05) is 15.9 Å². The molecule has 1 aliphatic rings. The minimum atomic E-state index is -0.566. The molecule has 0 aromatic heterocycles. The number of ether oxygens (including phenoxy) is 3. The molecule has 4 nitrogen and oxygen atoms in total. The summed E-state index contributed by atoms with van der Waals surface area (Å²) in [6.45, 7) is 0. The van der Waals surface area contributed by atoms with E-state index in [1.54, 1.807) is 13.2 Å². The Hall–Kier alpha value is -1.23. The molecule has 0 radical (unpaired) electrons. The van der Waals surface area contributed by atoms with Crippen molar-refractivity contribution in [2.75, 3.05) is 14.2 Å². The van der Waals surface area contributed by atoms with E-state index in [1.807, 2.05) is 6.07 Å². The summed E-state index contributed by atoms with van der Waals surface area (Å²) in [6, 6.07) is 3.72. The monoisotopic (exact) mass is 286 g/mol. The molecule has 1 unspecified atom stereocenters. The number of rotatable bonds is 2. The average molecular weight is 287 g/mol. The Morgan fingerprint density at radius 3 is 2.88 bits per heavy atom. The van der Waals surface area contributed by atoms with Crippen LogP contribution in [0.25, 0.3) is 0 Å². The molecular formula is C11H11BrO4. The Morgan fingerprint density at radius 2 is 2.25 bits per heavy atom. The standard InChI is InChI=1S/C11H11BrO4/c1-14-8-5-7(12)3-6-4-9(11(13)15-2)16-10(6)8/h3,5,9H,4H2,1-2H3. The minimum Gasteiger partial charge on any atom is -0.493 e. The fourth-order valence-electron chi connectivity index (χ4n) is 1.71. The lowest BCUT2D eigenvalue weighted by atomic mass is 10.1. The first-order valence-corrected chi connectivity index (χ1v) is 5.56. The molecule has 1 aromatic rings. The molecule has 86 valence electrons. The predicted octanol–water partition coefficient (Wildman–Crippen LogP) is 1.93. The van der Waals surface area contributed by atoms with Gasteiger partial charge in [0.2, 0.25) is 0 Å². The Kier molecular flexibility index (Phi) is 3.05. The lowest BCUT2D eigenvalue weighted by Gasteiger charge is -2.09. The van der Waals surface area contributed by atoms with Crippen molar-refractivity contribution in [2.24, 2.45) is 0 Å². The summed E-state index contributed by atoms with van der Waals surface area (Å²) in [7, 11) is 2.92. The third kappa shape index (κ3) is 1.87. The highest BCUT2D eigenvalue weighted by molar-refractivity contribution is 9.10. The highest BCUT2D eigenvalue weighted by Gasteiger charge is 2.32. The normalized spacial score (nSPS) is 17.6. The molecule has 0 bridgehead atoms. The molecule has 0 spiro atoms.